The second kappa shape index (κ2) is 9.15. The van der Waals surface area contributed by atoms with E-state index in [2.05, 4.69) is 10.1 Å². The molecule has 0 radical (unpaired) electrons. The Balaban J connectivity index is 1.80. The number of ether oxygens (including phenoxy) is 1. The van der Waals surface area contributed by atoms with Crippen molar-refractivity contribution in [1.29, 1.82) is 0 Å². The van der Waals surface area contributed by atoms with Crippen LogP contribution in [0, 0.1) is 5.92 Å². The van der Waals surface area contributed by atoms with E-state index in [0.29, 0.717) is 18.9 Å². The van der Waals surface area contributed by atoms with Gasteiger partial charge in [0.1, 0.15) is 0 Å². The Morgan fingerprint density at radius 2 is 1.74 bits per heavy atom. The summed E-state index contributed by atoms with van der Waals surface area (Å²) >= 11 is 1.64. The van der Waals surface area contributed by atoms with Crippen LogP contribution < -0.4 is 5.32 Å². The van der Waals surface area contributed by atoms with E-state index in [0.717, 1.165) is 18.0 Å². The minimum absolute atomic E-state index is 0.211. The lowest BCUT2D eigenvalue weighted by Crippen LogP contribution is -2.36. The zero-order valence-corrected chi connectivity index (χ0v) is 14.4. The van der Waals surface area contributed by atoms with Crippen LogP contribution in [0.5, 0.6) is 0 Å². The lowest BCUT2D eigenvalue weighted by Gasteiger charge is -2.27. The molecule has 0 aliphatic heterocycles. The molecule has 0 aromatic rings. The number of carboxylic acid groups (broad SMARTS) is 1. The Kier molecular flexibility index (Phi) is 7.20. The zero-order chi connectivity index (χ0) is 16.7. The van der Waals surface area contributed by atoms with Crippen LogP contribution >= 0.6 is 11.8 Å². The van der Waals surface area contributed by atoms with Gasteiger partial charge < -0.3 is 15.2 Å². The highest BCUT2D eigenvalue weighted by molar-refractivity contribution is 8.13. The first-order valence-corrected chi connectivity index (χ1v) is 9.64. The van der Waals surface area contributed by atoms with E-state index in [1.807, 2.05) is 6.26 Å². The molecule has 7 heteroatoms. The summed E-state index contributed by atoms with van der Waals surface area (Å²) in [6, 6.07) is 0.749. The highest BCUT2D eigenvalue weighted by Crippen LogP contribution is 2.28. The fourth-order valence-corrected chi connectivity index (χ4v) is 3.89. The fraction of sp³-hybridized carbons (Fsp3) is 0.812. The number of carbonyl (C=O) groups excluding carboxylic acids is 1. The Morgan fingerprint density at radius 1 is 1.09 bits per heavy atom. The summed E-state index contributed by atoms with van der Waals surface area (Å²) in [5.41, 5.74) is 0. The molecule has 2 aliphatic carbocycles. The maximum atomic E-state index is 11.6. The largest absolute Gasteiger partial charge is 0.513 e. The monoisotopic (exact) mass is 342 g/mol. The summed E-state index contributed by atoms with van der Waals surface area (Å²) in [4.78, 5) is 26.8. The molecule has 0 aromatic carbocycles. The van der Waals surface area contributed by atoms with Crippen LogP contribution in [0.3, 0.4) is 0 Å². The molecule has 0 spiro atoms. The molecule has 0 atom stereocenters. The van der Waals surface area contributed by atoms with Crippen molar-refractivity contribution < 1.29 is 19.4 Å². The number of nitrogens with zero attached hydrogens (tertiary/aromatic N) is 1. The van der Waals surface area contributed by atoms with Crippen molar-refractivity contribution in [3.63, 3.8) is 0 Å². The van der Waals surface area contributed by atoms with E-state index in [-0.39, 0.29) is 12.0 Å². The van der Waals surface area contributed by atoms with Gasteiger partial charge in [-0.3, -0.25) is 9.79 Å². The Labute approximate surface area is 141 Å². The molecule has 130 valence electrons. The SMILES string of the molecule is CSC(=NC1CCC(C(=O)OC(=O)O)CC1)NC1CCCCC1. The van der Waals surface area contributed by atoms with Crippen molar-refractivity contribution in [3.05, 3.63) is 0 Å². The molecule has 2 aliphatic rings. The van der Waals surface area contributed by atoms with Crippen molar-refractivity contribution in [1.82, 2.24) is 5.32 Å². The average Bonchev–Trinajstić information content (AvgIpc) is 2.55. The molecule has 2 fully saturated rings. The van der Waals surface area contributed by atoms with Gasteiger partial charge in [-0.1, -0.05) is 31.0 Å². The first-order chi connectivity index (χ1) is 11.1. The molecule has 0 saturated heterocycles. The van der Waals surface area contributed by atoms with Gasteiger partial charge >= 0.3 is 12.1 Å². The third-order valence-electron chi connectivity index (χ3n) is 4.64. The predicted molar refractivity (Wildman–Crippen MR) is 90.8 cm³/mol. The van der Waals surface area contributed by atoms with Gasteiger partial charge in [0.2, 0.25) is 0 Å². The first kappa shape index (κ1) is 18.1. The molecule has 23 heavy (non-hydrogen) atoms. The first-order valence-electron chi connectivity index (χ1n) is 8.41. The number of hydrogen-bond donors (Lipinski definition) is 2. The van der Waals surface area contributed by atoms with Crippen LogP contribution in [0.1, 0.15) is 57.8 Å². The summed E-state index contributed by atoms with van der Waals surface area (Å²) in [5, 5.41) is 13.0. The molecule has 0 unspecified atom stereocenters. The Hall–Kier alpha value is -1.24. The Bertz CT molecular complexity index is 441. The van der Waals surface area contributed by atoms with Gasteiger partial charge in [-0.2, -0.15) is 0 Å². The molecule has 0 amide bonds. The minimum Gasteiger partial charge on any atom is -0.449 e. The zero-order valence-electron chi connectivity index (χ0n) is 13.6. The Morgan fingerprint density at radius 3 is 2.30 bits per heavy atom. The van der Waals surface area contributed by atoms with Crippen LogP contribution in [-0.2, 0) is 9.53 Å². The molecular weight excluding hydrogens is 316 g/mol. The van der Waals surface area contributed by atoms with Gasteiger partial charge in [0.05, 0.1) is 12.0 Å². The molecular formula is C16H26N2O4S. The van der Waals surface area contributed by atoms with Crippen LogP contribution in [0.2, 0.25) is 0 Å². The smallest absolute Gasteiger partial charge is 0.449 e. The van der Waals surface area contributed by atoms with Crippen molar-refractivity contribution in [2.75, 3.05) is 6.26 Å². The number of thioether (sulfide) groups is 1. The molecule has 0 bridgehead atoms. The number of rotatable bonds is 3. The maximum Gasteiger partial charge on any atom is 0.513 e. The maximum absolute atomic E-state index is 11.6. The summed E-state index contributed by atoms with van der Waals surface area (Å²) in [6.45, 7) is 0. The number of hydrogen-bond acceptors (Lipinski definition) is 5. The van der Waals surface area contributed by atoms with Gasteiger partial charge in [0.25, 0.3) is 0 Å². The lowest BCUT2D eigenvalue weighted by molar-refractivity contribution is -0.144. The van der Waals surface area contributed by atoms with Crippen molar-refractivity contribution in [3.8, 4) is 0 Å². The summed E-state index contributed by atoms with van der Waals surface area (Å²) in [7, 11) is 0. The molecule has 6 nitrogen and oxygen atoms in total. The van der Waals surface area contributed by atoms with Crippen molar-refractivity contribution in [2.24, 2.45) is 10.9 Å². The number of aliphatic imine (C=N–C) groups is 1. The van der Waals surface area contributed by atoms with Crippen molar-refractivity contribution in [2.45, 2.75) is 69.9 Å². The minimum atomic E-state index is -1.52. The van der Waals surface area contributed by atoms with E-state index < -0.39 is 12.1 Å². The van der Waals surface area contributed by atoms with Crippen LogP contribution in [0.4, 0.5) is 4.79 Å². The lowest BCUT2D eigenvalue weighted by atomic mass is 9.86. The van der Waals surface area contributed by atoms with E-state index in [9.17, 15) is 9.59 Å². The highest BCUT2D eigenvalue weighted by Gasteiger charge is 2.29. The summed E-state index contributed by atoms with van der Waals surface area (Å²) in [6.07, 6.45) is 9.75. The summed E-state index contributed by atoms with van der Waals surface area (Å²) in [5.74, 6) is -0.924. The van der Waals surface area contributed by atoms with Gasteiger partial charge in [-0.15, -0.1) is 0 Å². The molecule has 2 rings (SSSR count). The van der Waals surface area contributed by atoms with Gasteiger partial charge in [-0.25, -0.2) is 4.79 Å². The van der Waals surface area contributed by atoms with Gasteiger partial charge in [-0.05, 0) is 44.8 Å². The van der Waals surface area contributed by atoms with Crippen LogP contribution in [0.15, 0.2) is 4.99 Å². The van der Waals surface area contributed by atoms with Crippen LogP contribution in [-0.4, -0.2) is 40.7 Å². The highest BCUT2D eigenvalue weighted by atomic mass is 32.2. The number of carbonyl (C=O) groups is 2. The number of esters is 1. The predicted octanol–water partition coefficient (Wildman–Crippen LogP) is 3.41. The molecule has 2 N–H and O–H groups in total. The quantitative estimate of drug-likeness (QED) is 0.354. The topological polar surface area (TPSA) is 88.0 Å². The van der Waals surface area contributed by atoms with E-state index in [1.165, 1.54) is 32.1 Å². The van der Waals surface area contributed by atoms with Gasteiger partial charge in [0, 0.05) is 6.04 Å². The van der Waals surface area contributed by atoms with Crippen molar-refractivity contribution >= 4 is 29.1 Å². The molecule has 0 heterocycles. The average molecular weight is 342 g/mol. The number of nitrogens with one attached hydrogen (secondary N) is 1. The summed E-state index contributed by atoms with van der Waals surface area (Å²) < 4.78 is 4.25. The van der Waals surface area contributed by atoms with E-state index in [4.69, 9.17) is 10.1 Å². The van der Waals surface area contributed by atoms with E-state index >= 15 is 0 Å². The molecule has 2 saturated carbocycles. The fourth-order valence-electron chi connectivity index (χ4n) is 3.35. The van der Waals surface area contributed by atoms with Gasteiger partial charge in [0.15, 0.2) is 5.17 Å². The standard InChI is InChI=1S/C16H26N2O4S/c1-23-15(17-12-5-3-2-4-6-12)18-13-9-7-11(8-10-13)14(19)22-16(20)21/h11-13H,2-10H2,1H3,(H,17,18)(H,20,21). The number of amidine groups is 1. The van der Waals surface area contributed by atoms with Crippen LogP contribution in [0.25, 0.3) is 0 Å². The van der Waals surface area contributed by atoms with E-state index in [1.54, 1.807) is 11.8 Å². The normalized spacial score (nSPS) is 26.6. The molecule has 0 aromatic heterocycles. The second-order valence-electron chi connectivity index (χ2n) is 6.31. The second-order valence-corrected chi connectivity index (χ2v) is 7.11. The third kappa shape index (κ3) is 6.05. The third-order valence-corrected chi connectivity index (χ3v) is 5.25.